The van der Waals surface area contributed by atoms with Crippen molar-refractivity contribution < 1.29 is 10.2 Å². The Kier molecular flexibility index (Phi) is 6.44. The van der Waals surface area contributed by atoms with E-state index in [1.807, 2.05) is 0 Å². The van der Waals surface area contributed by atoms with Crippen molar-refractivity contribution in [1.82, 2.24) is 0 Å². The summed E-state index contributed by atoms with van der Waals surface area (Å²) in [6, 6.07) is 0. The molecule has 174 valence electrons. The molecule has 0 unspecified atom stereocenters. The van der Waals surface area contributed by atoms with Crippen LogP contribution in [0.4, 0.5) is 0 Å². The summed E-state index contributed by atoms with van der Waals surface area (Å²) < 4.78 is 0. The van der Waals surface area contributed by atoms with Gasteiger partial charge in [-0.3, -0.25) is 0 Å². The van der Waals surface area contributed by atoms with Crippen LogP contribution in [0.3, 0.4) is 0 Å². The van der Waals surface area contributed by atoms with Crippen LogP contribution in [0.2, 0.25) is 0 Å². The van der Waals surface area contributed by atoms with Crippen LogP contribution in [0.5, 0.6) is 0 Å². The molecule has 0 aromatic rings. The van der Waals surface area contributed by atoms with E-state index < -0.39 is 0 Å². The third-order valence-corrected chi connectivity index (χ3v) is 11.6. The third-order valence-electron chi connectivity index (χ3n) is 11.6. The Morgan fingerprint density at radius 1 is 0.833 bits per heavy atom. The molecule has 0 radical (unpaired) electrons. The molecule has 0 aromatic carbocycles. The number of aliphatic hydroxyl groups excluding tert-OH is 2. The number of hydrogen-bond donors (Lipinski definition) is 2. The van der Waals surface area contributed by atoms with Gasteiger partial charge < -0.3 is 10.2 Å². The molecule has 0 aromatic heterocycles. The summed E-state index contributed by atoms with van der Waals surface area (Å²) in [5.41, 5.74) is 0.734. The maximum absolute atomic E-state index is 11.4. The van der Waals surface area contributed by atoms with Crippen LogP contribution >= 0.6 is 0 Å². The van der Waals surface area contributed by atoms with Gasteiger partial charge in [-0.1, -0.05) is 54.4 Å². The van der Waals surface area contributed by atoms with Gasteiger partial charge in [0.25, 0.3) is 0 Å². The van der Waals surface area contributed by atoms with Gasteiger partial charge in [0.2, 0.25) is 0 Å². The Bertz CT molecular complexity index is 601. The first-order chi connectivity index (χ1) is 14.1. The zero-order valence-corrected chi connectivity index (χ0v) is 20.7. The van der Waals surface area contributed by atoms with Gasteiger partial charge in [0, 0.05) is 0 Å². The SMILES string of the molecule is CC(C)[C@@H](C)CC[C@@H](C)[C@H]1C[C@@H](O)[C@@H]2[C@@H]3CC[C@H]4C[C@@H](O)CC[C@]4(C)[C@H]3CC[C@@]21C. The van der Waals surface area contributed by atoms with E-state index in [1.54, 1.807) is 0 Å². The second-order valence-corrected chi connectivity index (χ2v) is 13.2. The van der Waals surface area contributed by atoms with E-state index in [0.29, 0.717) is 34.5 Å². The van der Waals surface area contributed by atoms with Crippen LogP contribution in [-0.2, 0) is 0 Å². The molecule has 2 heteroatoms. The molecule has 4 aliphatic carbocycles. The highest BCUT2D eigenvalue weighted by atomic mass is 16.3. The zero-order valence-electron chi connectivity index (χ0n) is 20.7. The van der Waals surface area contributed by atoms with Gasteiger partial charge in [-0.25, -0.2) is 0 Å². The zero-order chi connectivity index (χ0) is 21.8. The lowest BCUT2D eigenvalue weighted by atomic mass is 9.44. The molecule has 0 aliphatic heterocycles. The van der Waals surface area contributed by atoms with Crippen molar-refractivity contribution >= 4 is 0 Å². The lowest BCUT2D eigenvalue weighted by Gasteiger charge is -2.61. The molecule has 0 bridgehead atoms. The molecule has 2 nitrogen and oxygen atoms in total. The number of rotatable bonds is 5. The normalized spacial score (nSPS) is 50.5. The van der Waals surface area contributed by atoms with Crippen molar-refractivity contribution in [3.05, 3.63) is 0 Å². The molecular weight excluding hydrogens is 368 g/mol. The molecule has 4 fully saturated rings. The van der Waals surface area contributed by atoms with E-state index in [4.69, 9.17) is 0 Å². The Hall–Kier alpha value is -0.0800. The fraction of sp³-hybridized carbons (Fsp3) is 1.00. The van der Waals surface area contributed by atoms with E-state index >= 15 is 0 Å². The Balaban J connectivity index is 1.50. The average Bonchev–Trinajstić information content (AvgIpc) is 2.97. The lowest BCUT2D eigenvalue weighted by Crippen LogP contribution is -2.55. The summed E-state index contributed by atoms with van der Waals surface area (Å²) in [5.74, 6) is 5.69. The van der Waals surface area contributed by atoms with Crippen molar-refractivity contribution in [2.75, 3.05) is 0 Å². The summed E-state index contributed by atoms with van der Waals surface area (Å²) in [4.78, 5) is 0. The van der Waals surface area contributed by atoms with Crippen LogP contribution in [-0.4, -0.2) is 22.4 Å². The van der Waals surface area contributed by atoms with Gasteiger partial charge in [0.15, 0.2) is 0 Å². The average molecular weight is 419 g/mol. The number of fused-ring (bicyclic) bond motifs is 5. The fourth-order valence-electron chi connectivity index (χ4n) is 9.29. The summed E-state index contributed by atoms with van der Waals surface area (Å²) in [7, 11) is 0. The minimum atomic E-state index is -0.0906. The molecule has 4 aliphatic rings. The third kappa shape index (κ3) is 3.70. The van der Waals surface area contributed by atoms with Crippen molar-refractivity contribution in [2.24, 2.45) is 58.2 Å². The first-order valence-electron chi connectivity index (χ1n) is 13.4. The van der Waals surface area contributed by atoms with Gasteiger partial charge in [-0.05, 0) is 110 Å². The van der Waals surface area contributed by atoms with Gasteiger partial charge >= 0.3 is 0 Å². The van der Waals surface area contributed by atoms with Crippen LogP contribution in [0.1, 0.15) is 106 Å². The summed E-state index contributed by atoms with van der Waals surface area (Å²) in [6.07, 6.45) is 12.0. The summed E-state index contributed by atoms with van der Waals surface area (Å²) >= 11 is 0. The van der Waals surface area contributed by atoms with Gasteiger partial charge in [0.05, 0.1) is 12.2 Å². The predicted octanol–water partition coefficient (Wildman–Crippen LogP) is 6.69. The van der Waals surface area contributed by atoms with Gasteiger partial charge in [-0.15, -0.1) is 0 Å². The van der Waals surface area contributed by atoms with E-state index in [-0.39, 0.29) is 12.2 Å². The van der Waals surface area contributed by atoms with Crippen LogP contribution < -0.4 is 0 Å². The standard InChI is InChI=1S/C28H50O2/c1-17(2)18(3)7-8-19(4)24-16-25(30)26-22-10-9-20-15-21(29)11-13-27(20,5)23(22)12-14-28(24,26)6/h17-26,29-30H,7-16H2,1-6H3/t18-,19+,20-,21-,22+,23-,24+,25+,26-,27-,28+/m0/s1. The molecule has 30 heavy (non-hydrogen) atoms. The van der Waals surface area contributed by atoms with Gasteiger partial charge in [-0.2, -0.15) is 0 Å². The lowest BCUT2D eigenvalue weighted by molar-refractivity contribution is -0.142. The van der Waals surface area contributed by atoms with E-state index in [0.717, 1.165) is 42.9 Å². The second-order valence-electron chi connectivity index (χ2n) is 13.2. The fourth-order valence-corrected chi connectivity index (χ4v) is 9.29. The van der Waals surface area contributed by atoms with Crippen LogP contribution in [0, 0.1) is 58.2 Å². The van der Waals surface area contributed by atoms with Crippen molar-refractivity contribution in [2.45, 2.75) is 118 Å². The second kappa shape index (κ2) is 8.36. The van der Waals surface area contributed by atoms with Crippen molar-refractivity contribution in [3.63, 3.8) is 0 Å². The first kappa shape index (κ1) is 23.1. The van der Waals surface area contributed by atoms with E-state index in [9.17, 15) is 10.2 Å². The van der Waals surface area contributed by atoms with Crippen molar-refractivity contribution in [1.29, 1.82) is 0 Å². The highest BCUT2D eigenvalue weighted by Crippen LogP contribution is 2.68. The van der Waals surface area contributed by atoms with E-state index in [2.05, 4.69) is 41.5 Å². The van der Waals surface area contributed by atoms with Gasteiger partial charge in [0.1, 0.15) is 0 Å². The first-order valence-corrected chi connectivity index (χ1v) is 13.4. The molecule has 0 heterocycles. The topological polar surface area (TPSA) is 40.5 Å². The molecule has 11 atom stereocenters. The molecule has 0 amide bonds. The highest BCUT2D eigenvalue weighted by Gasteiger charge is 2.63. The Labute approximate surface area is 186 Å². The maximum Gasteiger partial charge on any atom is 0.0579 e. The maximum atomic E-state index is 11.4. The Morgan fingerprint density at radius 3 is 2.23 bits per heavy atom. The molecule has 0 spiro atoms. The quantitative estimate of drug-likeness (QED) is 0.522. The van der Waals surface area contributed by atoms with Crippen LogP contribution in [0.25, 0.3) is 0 Å². The minimum absolute atomic E-state index is 0.0657. The summed E-state index contributed by atoms with van der Waals surface area (Å²) in [5, 5.41) is 21.7. The van der Waals surface area contributed by atoms with Crippen LogP contribution in [0.15, 0.2) is 0 Å². The molecule has 0 saturated heterocycles. The molecule has 4 saturated carbocycles. The van der Waals surface area contributed by atoms with Crippen molar-refractivity contribution in [3.8, 4) is 0 Å². The molecule has 4 rings (SSSR count). The predicted molar refractivity (Wildman–Crippen MR) is 125 cm³/mol. The highest BCUT2D eigenvalue weighted by molar-refractivity contribution is 5.12. The van der Waals surface area contributed by atoms with E-state index in [1.165, 1.54) is 44.9 Å². The number of aliphatic hydroxyl groups is 2. The largest absolute Gasteiger partial charge is 0.393 e. The minimum Gasteiger partial charge on any atom is -0.393 e. The smallest absolute Gasteiger partial charge is 0.0579 e. The number of hydrogen-bond acceptors (Lipinski definition) is 2. The monoisotopic (exact) mass is 418 g/mol. The summed E-state index contributed by atoms with van der Waals surface area (Å²) in [6.45, 7) is 14.7. The Morgan fingerprint density at radius 2 is 1.53 bits per heavy atom. The molecular formula is C28H50O2. The molecule has 2 N–H and O–H groups in total.